The van der Waals surface area contributed by atoms with E-state index in [0.717, 1.165) is 39.5 Å². The fraction of sp³-hybridized carbons (Fsp3) is 0.0741. The minimum Gasteiger partial charge on any atom is -0.456 e. The molecule has 3 aromatic carbocycles. The summed E-state index contributed by atoms with van der Waals surface area (Å²) in [7, 11) is 0. The zero-order valence-electron chi connectivity index (χ0n) is 17.1. The number of allylic oxidation sites excluding steroid dienone is 4. The van der Waals surface area contributed by atoms with Crippen molar-refractivity contribution in [2.75, 3.05) is 0 Å². The second-order valence-electron chi connectivity index (χ2n) is 7.81. The molecule has 1 unspecified atom stereocenters. The molecule has 0 amide bonds. The van der Waals surface area contributed by atoms with Gasteiger partial charge in [-0.1, -0.05) is 78.9 Å². The average molecular weight is 436 g/mol. The molecule has 0 aliphatic heterocycles. The van der Waals surface area contributed by atoms with Gasteiger partial charge in [-0.3, -0.25) is 0 Å². The second kappa shape index (κ2) is 7.74. The predicted octanol–water partition coefficient (Wildman–Crippen LogP) is 7.36. The molecule has 1 aliphatic carbocycles. The molecule has 6 rings (SSSR count). The van der Waals surface area contributed by atoms with Crippen molar-refractivity contribution in [1.82, 2.24) is 15.0 Å². The molecule has 5 aromatic rings. The van der Waals surface area contributed by atoms with Crippen LogP contribution in [-0.2, 0) is 0 Å². The Morgan fingerprint density at radius 1 is 0.781 bits per heavy atom. The highest BCUT2D eigenvalue weighted by Crippen LogP contribution is 2.36. The number of furan rings is 1. The van der Waals surface area contributed by atoms with Gasteiger partial charge in [0.05, 0.1) is 0 Å². The van der Waals surface area contributed by atoms with Crippen LogP contribution < -0.4 is 0 Å². The van der Waals surface area contributed by atoms with Crippen molar-refractivity contribution in [3.8, 4) is 22.8 Å². The van der Waals surface area contributed by atoms with Crippen molar-refractivity contribution >= 4 is 33.5 Å². The van der Waals surface area contributed by atoms with Crippen molar-refractivity contribution in [1.29, 1.82) is 0 Å². The van der Waals surface area contributed by atoms with E-state index < -0.39 is 0 Å². The highest BCUT2D eigenvalue weighted by atomic mass is 35.5. The molecule has 0 N–H and O–H groups in total. The molecule has 0 spiro atoms. The summed E-state index contributed by atoms with van der Waals surface area (Å²) in [5.41, 5.74) is 4.66. The molecule has 2 aromatic heterocycles. The fourth-order valence-electron chi connectivity index (χ4n) is 4.27. The van der Waals surface area contributed by atoms with Gasteiger partial charge in [0.1, 0.15) is 11.2 Å². The summed E-state index contributed by atoms with van der Waals surface area (Å²) in [6, 6.07) is 22.2. The van der Waals surface area contributed by atoms with Crippen molar-refractivity contribution in [2.24, 2.45) is 0 Å². The summed E-state index contributed by atoms with van der Waals surface area (Å²) in [6.07, 6.45) is 9.61. The van der Waals surface area contributed by atoms with Crippen LogP contribution in [0.15, 0.2) is 95.5 Å². The SMILES string of the molecule is Clc1nc(-c2ccc(C3C=CC=CC3)cc2)nc(-c2cccc3oc4ccccc4c23)n1. The molecule has 0 bridgehead atoms. The Kier molecular flexibility index (Phi) is 4.58. The zero-order valence-corrected chi connectivity index (χ0v) is 17.8. The Labute approximate surface area is 189 Å². The summed E-state index contributed by atoms with van der Waals surface area (Å²) >= 11 is 6.34. The number of nitrogens with zero attached hydrogens (tertiary/aromatic N) is 3. The minimum atomic E-state index is 0.166. The number of rotatable bonds is 3. The molecule has 2 heterocycles. The Morgan fingerprint density at radius 2 is 1.59 bits per heavy atom. The Bertz CT molecular complexity index is 1520. The normalized spacial score (nSPS) is 15.6. The van der Waals surface area contributed by atoms with Gasteiger partial charge >= 0.3 is 0 Å². The first-order valence-electron chi connectivity index (χ1n) is 10.5. The maximum atomic E-state index is 6.34. The molecule has 32 heavy (non-hydrogen) atoms. The molecule has 5 heteroatoms. The summed E-state index contributed by atoms with van der Waals surface area (Å²) in [6.45, 7) is 0. The van der Waals surface area contributed by atoms with E-state index in [1.165, 1.54) is 5.56 Å². The third-order valence-electron chi connectivity index (χ3n) is 5.83. The predicted molar refractivity (Wildman–Crippen MR) is 129 cm³/mol. The van der Waals surface area contributed by atoms with Crippen molar-refractivity contribution in [3.05, 3.63) is 102 Å². The van der Waals surface area contributed by atoms with E-state index in [1.54, 1.807) is 0 Å². The van der Waals surface area contributed by atoms with Crippen LogP contribution in [-0.4, -0.2) is 15.0 Å². The molecule has 154 valence electrons. The maximum absolute atomic E-state index is 6.34. The summed E-state index contributed by atoms with van der Waals surface area (Å²) in [4.78, 5) is 13.6. The van der Waals surface area contributed by atoms with Crippen LogP contribution in [0.3, 0.4) is 0 Å². The van der Waals surface area contributed by atoms with Crippen LogP contribution in [0.1, 0.15) is 17.9 Å². The largest absolute Gasteiger partial charge is 0.456 e. The van der Waals surface area contributed by atoms with Crippen molar-refractivity contribution in [3.63, 3.8) is 0 Å². The Hall–Kier alpha value is -3.76. The van der Waals surface area contributed by atoms with Gasteiger partial charge in [-0.15, -0.1) is 0 Å². The molecule has 0 fully saturated rings. The number of halogens is 1. The van der Waals surface area contributed by atoms with E-state index in [4.69, 9.17) is 21.0 Å². The van der Waals surface area contributed by atoms with Gasteiger partial charge in [-0.05, 0) is 35.7 Å². The Balaban J connectivity index is 1.45. The standard InChI is InChI=1S/C27H18ClN3O/c28-27-30-25(19-15-13-18(14-16-19)17-7-2-1-3-8-17)29-26(31-27)21-10-6-12-23-24(21)20-9-4-5-11-22(20)32-23/h1-7,9-17H,8H2. The highest BCUT2D eigenvalue weighted by Gasteiger charge is 2.16. The highest BCUT2D eigenvalue weighted by molar-refractivity contribution is 6.28. The van der Waals surface area contributed by atoms with Crippen molar-refractivity contribution in [2.45, 2.75) is 12.3 Å². The molecular weight excluding hydrogens is 418 g/mol. The van der Waals surface area contributed by atoms with Gasteiger partial charge < -0.3 is 4.42 Å². The first kappa shape index (κ1) is 19.0. The number of hydrogen-bond donors (Lipinski definition) is 0. The van der Waals surface area contributed by atoms with Crippen LogP contribution in [0.2, 0.25) is 5.28 Å². The monoisotopic (exact) mass is 435 g/mol. The number of hydrogen-bond acceptors (Lipinski definition) is 4. The maximum Gasteiger partial charge on any atom is 0.226 e. The first-order chi connectivity index (χ1) is 15.8. The van der Waals surface area contributed by atoms with Crippen molar-refractivity contribution < 1.29 is 4.42 Å². The van der Waals surface area contributed by atoms with Gasteiger partial charge in [-0.25, -0.2) is 4.98 Å². The molecule has 0 radical (unpaired) electrons. The minimum absolute atomic E-state index is 0.166. The smallest absolute Gasteiger partial charge is 0.226 e. The van der Waals surface area contributed by atoms with Gasteiger partial charge in [-0.2, -0.15) is 9.97 Å². The summed E-state index contributed by atoms with van der Waals surface area (Å²) in [5.74, 6) is 1.48. The van der Waals surface area contributed by atoms with E-state index in [2.05, 4.69) is 46.4 Å². The number of fused-ring (bicyclic) bond motifs is 3. The summed E-state index contributed by atoms with van der Waals surface area (Å²) in [5, 5.41) is 2.16. The lowest BCUT2D eigenvalue weighted by Crippen LogP contribution is -1.99. The average Bonchev–Trinajstić information content (AvgIpc) is 3.23. The van der Waals surface area contributed by atoms with E-state index in [1.807, 2.05) is 54.6 Å². The number of aromatic nitrogens is 3. The van der Waals surface area contributed by atoms with Gasteiger partial charge in [0, 0.05) is 27.8 Å². The van der Waals surface area contributed by atoms with E-state index in [9.17, 15) is 0 Å². The van der Waals surface area contributed by atoms with Gasteiger partial charge in [0.15, 0.2) is 11.6 Å². The lowest BCUT2D eigenvalue weighted by Gasteiger charge is -2.13. The van der Waals surface area contributed by atoms with E-state index >= 15 is 0 Å². The van der Waals surface area contributed by atoms with Crippen LogP contribution >= 0.6 is 11.6 Å². The zero-order chi connectivity index (χ0) is 21.5. The number of para-hydroxylation sites is 1. The lowest BCUT2D eigenvalue weighted by atomic mass is 9.92. The quantitative estimate of drug-likeness (QED) is 0.297. The van der Waals surface area contributed by atoms with Gasteiger partial charge in [0.25, 0.3) is 0 Å². The Morgan fingerprint density at radius 3 is 2.44 bits per heavy atom. The fourth-order valence-corrected chi connectivity index (χ4v) is 4.43. The third-order valence-corrected chi connectivity index (χ3v) is 6.00. The topological polar surface area (TPSA) is 51.8 Å². The van der Waals surface area contributed by atoms with Crippen LogP contribution in [0.5, 0.6) is 0 Å². The summed E-state index contributed by atoms with van der Waals surface area (Å²) < 4.78 is 6.02. The molecule has 0 saturated carbocycles. The number of benzene rings is 3. The second-order valence-corrected chi connectivity index (χ2v) is 8.14. The molecule has 0 saturated heterocycles. The van der Waals surface area contributed by atoms with Gasteiger partial charge in [0.2, 0.25) is 5.28 Å². The molecule has 4 nitrogen and oxygen atoms in total. The lowest BCUT2D eigenvalue weighted by molar-refractivity contribution is 0.669. The molecule has 1 atom stereocenters. The van der Waals surface area contributed by atoms with E-state index in [0.29, 0.717) is 17.6 Å². The first-order valence-corrected chi connectivity index (χ1v) is 10.9. The van der Waals surface area contributed by atoms with Crippen LogP contribution in [0.4, 0.5) is 0 Å². The molecular formula is C27H18ClN3O. The van der Waals surface area contributed by atoms with Crippen LogP contribution in [0.25, 0.3) is 44.7 Å². The molecule has 1 aliphatic rings. The third kappa shape index (κ3) is 3.29. The van der Waals surface area contributed by atoms with Crippen LogP contribution in [0, 0.1) is 0 Å². The van der Waals surface area contributed by atoms with E-state index in [-0.39, 0.29) is 5.28 Å².